The summed E-state index contributed by atoms with van der Waals surface area (Å²) in [6.07, 6.45) is -0.362. The van der Waals surface area contributed by atoms with Crippen LogP contribution in [0.4, 0.5) is 0 Å². The van der Waals surface area contributed by atoms with Gasteiger partial charge in [-0.2, -0.15) is 0 Å². The maximum Gasteiger partial charge on any atom is 0.347 e. The van der Waals surface area contributed by atoms with E-state index in [1.54, 1.807) is 0 Å². The molecule has 0 fully saturated rings. The van der Waals surface area contributed by atoms with Crippen molar-refractivity contribution in [3.63, 3.8) is 0 Å². The molecule has 0 amide bonds. The van der Waals surface area contributed by atoms with Crippen LogP contribution in [0.2, 0.25) is 0 Å². The predicted molar refractivity (Wildman–Crippen MR) is 46.0 cm³/mol. The molecule has 0 N–H and O–H groups in total. The van der Waals surface area contributed by atoms with E-state index >= 15 is 0 Å². The minimum atomic E-state index is -0.785. The maximum absolute atomic E-state index is 10.9. The zero-order valence-corrected chi connectivity index (χ0v) is 8.59. The summed E-state index contributed by atoms with van der Waals surface area (Å²) >= 11 is 3.14. The van der Waals surface area contributed by atoms with E-state index in [2.05, 4.69) is 20.7 Å². The normalized spacial score (nSPS) is 11.9. The monoisotopic (exact) mass is 238 g/mol. The Morgan fingerprint density at radius 1 is 1.50 bits per heavy atom. The van der Waals surface area contributed by atoms with Gasteiger partial charge in [-0.25, -0.2) is 4.79 Å². The lowest BCUT2D eigenvalue weighted by Gasteiger charge is -2.12. The second-order valence-corrected chi connectivity index (χ2v) is 2.89. The van der Waals surface area contributed by atoms with Gasteiger partial charge in [-0.05, 0) is 0 Å². The summed E-state index contributed by atoms with van der Waals surface area (Å²) in [7, 11) is 1.26. The number of rotatable bonds is 4. The van der Waals surface area contributed by atoms with Crippen molar-refractivity contribution in [2.24, 2.45) is 0 Å². The Bertz CT molecular complexity index is 169. The van der Waals surface area contributed by atoms with E-state index in [1.807, 2.05) is 0 Å². The van der Waals surface area contributed by atoms with Crippen LogP contribution in [0.25, 0.3) is 0 Å². The van der Waals surface area contributed by atoms with Crippen molar-refractivity contribution in [3.05, 3.63) is 0 Å². The Kier molecular flexibility index (Phi) is 5.70. The second-order valence-electron chi connectivity index (χ2n) is 2.10. The molecule has 0 aliphatic rings. The summed E-state index contributed by atoms with van der Waals surface area (Å²) in [4.78, 5) is 21.4. The van der Waals surface area contributed by atoms with Crippen molar-refractivity contribution in [2.45, 2.75) is 19.4 Å². The molecule has 0 aromatic heterocycles. The van der Waals surface area contributed by atoms with E-state index in [1.165, 1.54) is 14.0 Å². The van der Waals surface area contributed by atoms with Crippen molar-refractivity contribution in [1.82, 2.24) is 0 Å². The SMILES string of the molecule is COC(=O)[C@@H](CCBr)OC(C)=O. The highest BCUT2D eigenvalue weighted by molar-refractivity contribution is 9.09. The van der Waals surface area contributed by atoms with E-state index in [9.17, 15) is 9.59 Å². The van der Waals surface area contributed by atoms with Crippen LogP contribution < -0.4 is 0 Å². The van der Waals surface area contributed by atoms with Crippen molar-refractivity contribution >= 4 is 27.9 Å². The molecule has 0 unspecified atom stereocenters. The van der Waals surface area contributed by atoms with Gasteiger partial charge in [0.1, 0.15) is 0 Å². The molecular weight excluding hydrogens is 228 g/mol. The maximum atomic E-state index is 10.9. The predicted octanol–water partition coefficient (Wildman–Crippen LogP) is 0.876. The van der Waals surface area contributed by atoms with Gasteiger partial charge in [0.05, 0.1) is 7.11 Å². The number of hydrogen-bond donors (Lipinski definition) is 0. The van der Waals surface area contributed by atoms with Crippen LogP contribution in [0.3, 0.4) is 0 Å². The Balaban J connectivity index is 4.02. The molecule has 1 atom stereocenters. The molecule has 0 aliphatic carbocycles. The van der Waals surface area contributed by atoms with E-state index in [0.717, 1.165) is 0 Å². The minimum Gasteiger partial charge on any atom is -0.466 e. The quantitative estimate of drug-likeness (QED) is 0.539. The van der Waals surface area contributed by atoms with Crippen LogP contribution in [0, 0.1) is 0 Å². The topological polar surface area (TPSA) is 52.6 Å². The molecule has 70 valence electrons. The first kappa shape index (κ1) is 11.4. The van der Waals surface area contributed by atoms with Gasteiger partial charge >= 0.3 is 11.9 Å². The molecule has 0 bridgehead atoms. The van der Waals surface area contributed by atoms with Gasteiger partial charge in [-0.15, -0.1) is 0 Å². The summed E-state index contributed by atoms with van der Waals surface area (Å²) < 4.78 is 9.13. The number of halogens is 1. The molecule has 0 saturated carbocycles. The molecule has 0 aromatic rings. The number of hydrogen-bond acceptors (Lipinski definition) is 4. The van der Waals surface area contributed by atoms with Crippen molar-refractivity contribution in [2.75, 3.05) is 12.4 Å². The molecule has 12 heavy (non-hydrogen) atoms. The van der Waals surface area contributed by atoms with Crippen LogP contribution in [-0.2, 0) is 19.1 Å². The largest absolute Gasteiger partial charge is 0.466 e. The summed E-state index contributed by atoms with van der Waals surface area (Å²) in [6.45, 7) is 1.25. The van der Waals surface area contributed by atoms with Crippen LogP contribution >= 0.6 is 15.9 Å². The zero-order valence-electron chi connectivity index (χ0n) is 7.00. The van der Waals surface area contributed by atoms with Gasteiger partial charge in [0, 0.05) is 18.7 Å². The fourth-order valence-corrected chi connectivity index (χ4v) is 1.07. The Morgan fingerprint density at radius 2 is 2.08 bits per heavy atom. The summed E-state index contributed by atoms with van der Waals surface area (Å²) in [5.74, 6) is -1.00. The van der Waals surface area contributed by atoms with Crippen LogP contribution in [0.5, 0.6) is 0 Å². The number of carbonyl (C=O) groups is 2. The van der Waals surface area contributed by atoms with Gasteiger partial charge in [-0.1, -0.05) is 15.9 Å². The average Bonchev–Trinajstić information content (AvgIpc) is 2.01. The molecular formula is C7H11BrO4. The molecule has 0 saturated heterocycles. The molecule has 0 aromatic carbocycles. The van der Waals surface area contributed by atoms with Crippen LogP contribution in [0.1, 0.15) is 13.3 Å². The average molecular weight is 239 g/mol. The van der Waals surface area contributed by atoms with Crippen molar-refractivity contribution in [1.29, 1.82) is 0 Å². The third-order valence-corrected chi connectivity index (χ3v) is 1.60. The molecule has 0 radical (unpaired) electrons. The number of alkyl halides is 1. The molecule has 4 nitrogen and oxygen atoms in total. The number of carbonyl (C=O) groups excluding carboxylic acids is 2. The molecule has 0 spiro atoms. The molecule has 0 heterocycles. The van der Waals surface area contributed by atoms with Gasteiger partial charge < -0.3 is 9.47 Å². The molecule has 0 rings (SSSR count). The van der Waals surface area contributed by atoms with Crippen molar-refractivity contribution in [3.8, 4) is 0 Å². The molecule has 5 heteroatoms. The summed E-state index contributed by atoms with van der Waals surface area (Å²) in [5, 5.41) is 0.583. The Morgan fingerprint density at radius 3 is 2.42 bits per heavy atom. The number of methoxy groups -OCH3 is 1. The minimum absolute atomic E-state index is 0.423. The van der Waals surface area contributed by atoms with E-state index in [0.29, 0.717) is 11.8 Å². The smallest absolute Gasteiger partial charge is 0.347 e. The Labute approximate surface area is 79.3 Å². The number of esters is 2. The lowest BCUT2D eigenvalue weighted by atomic mass is 10.3. The summed E-state index contributed by atoms with van der Waals surface area (Å²) in [6, 6.07) is 0. The second kappa shape index (κ2) is 5.99. The zero-order chi connectivity index (χ0) is 9.56. The van der Waals surface area contributed by atoms with E-state index in [-0.39, 0.29) is 0 Å². The third kappa shape index (κ3) is 4.33. The van der Waals surface area contributed by atoms with Crippen LogP contribution in [-0.4, -0.2) is 30.5 Å². The lowest BCUT2D eigenvalue weighted by molar-refractivity contribution is -0.164. The Hall–Kier alpha value is -0.580. The lowest BCUT2D eigenvalue weighted by Crippen LogP contribution is -2.27. The number of ether oxygens (including phenoxy) is 2. The van der Waals surface area contributed by atoms with Crippen molar-refractivity contribution < 1.29 is 19.1 Å². The summed E-state index contributed by atoms with van der Waals surface area (Å²) in [5.41, 5.74) is 0. The highest BCUT2D eigenvalue weighted by atomic mass is 79.9. The fourth-order valence-electron chi connectivity index (χ4n) is 0.656. The van der Waals surface area contributed by atoms with E-state index in [4.69, 9.17) is 4.74 Å². The van der Waals surface area contributed by atoms with Gasteiger partial charge in [-0.3, -0.25) is 4.79 Å². The van der Waals surface area contributed by atoms with Gasteiger partial charge in [0.25, 0.3) is 0 Å². The highest BCUT2D eigenvalue weighted by Crippen LogP contribution is 2.03. The fraction of sp³-hybridized carbons (Fsp3) is 0.714. The highest BCUT2D eigenvalue weighted by Gasteiger charge is 2.20. The first-order chi connectivity index (χ1) is 5.61. The standard InChI is InChI=1S/C7H11BrO4/c1-5(9)12-6(3-4-8)7(10)11-2/h6H,3-4H2,1-2H3/t6-/m1/s1. The van der Waals surface area contributed by atoms with Crippen LogP contribution in [0.15, 0.2) is 0 Å². The first-order valence-corrected chi connectivity index (χ1v) is 4.55. The first-order valence-electron chi connectivity index (χ1n) is 3.42. The van der Waals surface area contributed by atoms with E-state index < -0.39 is 18.0 Å². The third-order valence-electron chi connectivity index (χ3n) is 1.14. The van der Waals surface area contributed by atoms with Gasteiger partial charge in [0.15, 0.2) is 6.10 Å². The molecule has 0 aliphatic heterocycles. The van der Waals surface area contributed by atoms with Gasteiger partial charge in [0.2, 0.25) is 0 Å².